The van der Waals surface area contributed by atoms with Crippen LogP contribution in [0, 0.1) is 6.92 Å². The quantitative estimate of drug-likeness (QED) is 0.533. The van der Waals surface area contributed by atoms with Crippen molar-refractivity contribution in [3.63, 3.8) is 0 Å². The van der Waals surface area contributed by atoms with Gasteiger partial charge in [-0.1, -0.05) is 47.0 Å². The van der Waals surface area contributed by atoms with Gasteiger partial charge in [-0.15, -0.1) is 11.3 Å². The van der Waals surface area contributed by atoms with Crippen LogP contribution >= 0.6 is 11.3 Å². The van der Waals surface area contributed by atoms with E-state index < -0.39 is 0 Å². The molecule has 0 N–H and O–H groups in total. The summed E-state index contributed by atoms with van der Waals surface area (Å²) in [6.45, 7) is 11.6. The Labute approximate surface area is 111 Å². The predicted molar refractivity (Wildman–Crippen MR) is 80.2 cm³/mol. The lowest BCUT2D eigenvalue weighted by molar-refractivity contribution is 0.510. The minimum absolute atomic E-state index is 0.360. The molecule has 1 heteroatoms. The number of hydrogen-bond acceptors (Lipinski definition) is 1. The number of thiophene rings is 1. The van der Waals surface area contributed by atoms with E-state index in [-0.39, 0.29) is 0 Å². The molecule has 1 aromatic rings. The van der Waals surface area contributed by atoms with Crippen LogP contribution in [0.1, 0.15) is 75.1 Å². The lowest BCUT2D eigenvalue weighted by Crippen LogP contribution is -2.15. The van der Waals surface area contributed by atoms with E-state index in [2.05, 4.69) is 40.7 Å². The molecule has 0 fully saturated rings. The van der Waals surface area contributed by atoms with Gasteiger partial charge in [0.1, 0.15) is 0 Å². The van der Waals surface area contributed by atoms with Crippen molar-refractivity contribution < 1.29 is 0 Å². The van der Waals surface area contributed by atoms with Crippen molar-refractivity contribution in [3.8, 4) is 0 Å². The summed E-state index contributed by atoms with van der Waals surface area (Å²) in [5.41, 5.74) is 1.98. The van der Waals surface area contributed by atoms with E-state index in [9.17, 15) is 0 Å². The van der Waals surface area contributed by atoms with Crippen molar-refractivity contribution in [2.45, 2.75) is 78.6 Å². The van der Waals surface area contributed by atoms with Crippen LogP contribution in [0.2, 0.25) is 0 Å². The van der Waals surface area contributed by atoms with Crippen LogP contribution in [-0.4, -0.2) is 0 Å². The Kier molecular flexibility index (Phi) is 5.72. The van der Waals surface area contributed by atoms with Crippen LogP contribution in [0.25, 0.3) is 0 Å². The largest absolute Gasteiger partial charge is 0.145 e. The number of hydrogen-bond donors (Lipinski definition) is 0. The van der Waals surface area contributed by atoms with Crippen LogP contribution in [0.15, 0.2) is 6.07 Å². The zero-order valence-electron chi connectivity index (χ0n) is 12.2. The molecule has 0 saturated heterocycles. The van der Waals surface area contributed by atoms with Crippen LogP contribution in [0.3, 0.4) is 0 Å². The second kappa shape index (κ2) is 6.58. The van der Waals surface area contributed by atoms with E-state index in [1.165, 1.54) is 43.4 Å². The first kappa shape index (κ1) is 14.8. The Morgan fingerprint density at radius 2 is 1.82 bits per heavy atom. The van der Waals surface area contributed by atoms with E-state index in [1.54, 1.807) is 10.4 Å². The number of rotatable bonds is 7. The molecule has 98 valence electrons. The van der Waals surface area contributed by atoms with Gasteiger partial charge in [-0.3, -0.25) is 0 Å². The van der Waals surface area contributed by atoms with Gasteiger partial charge in [0, 0.05) is 9.75 Å². The summed E-state index contributed by atoms with van der Waals surface area (Å²) in [6, 6.07) is 2.42. The molecular weight excluding hydrogens is 224 g/mol. The molecule has 0 bridgehead atoms. The van der Waals surface area contributed by atoms with Gasteiger partial charge in [0.05, 0.1) is 0 Å². The molecule has 0 saturated carbocycles. The summed E-state index contributed by atoms with van der Waals surface area (Å²) < 4.78 is 0. The summed E-state index contributed by atoms with van der Waals surface area (Å²) in [5, 5.41) is 0. The predicted octanol–water partition coefficient (Wildman–Crippen LogP) is 5.87. The first-order valence-electron chi connectivity index (χ1n) is 7.11. The molecule has 0 aliphatic carbocycles. The molecule has 0 aliphatic heterocycles. The second-order valence-electron chi connectivity index (χ2n) is 5.76. The lowest BCUT2D eigenvalue weighted by atomic mass is 9.85. The zero-order valence-corrected chi connectivity index (χ0v) is 13.0. The van der Waals surface area contributed by atoms with Gasteiger partial charge in [0.2, 0.25) is 0 Å². The standard InChI is InChI=1S/C16H28S/c1-6-8-9-10-11-14-12-13(3)17-15(14)16(4,5)7-2/h12H,6-11H2,1-5H3. The highest BCUT2D eigenvalue weighted by molar-refractivity contribution is 7.12. The Balaban J connectivity index is 2.71. The van der Waals surface area contributed by atoms with Crippen molar-refractivity contribution in [1.29, 1.82) is 0 Å². The van der Waals surface area contributed by atoms with Crippen molar-refractivity contribution in [2.75, 3.05) is 0 Å². The summed E-state index contributed by atoms with van der Waals surface area (Å²) in [6.07, 6.45) is 7.97. The molecule has 0 aliphatic rings. The van der Waals surface area contributed by atoms with E-state index in [1.807, 2.05) is 11.3 Å². The summed E-state index contributed by atoms with van der Waals surface area (Å²) in [7, 11) is 0. The monoisotopic (exact) mass is 252 g/mol. The topological polar surface area (TPSA) is 0 Å². The second-order valence-corrected chi connectivity index (χ2v) is 7.02. The summed E-state index contributed by atoms with van der Waals surface area (Å²) in [4.78, 5) is 3.11. The van der Waals surface area contributed by atoms with E-state index in [0.717, 1.165) is 0 Å². The number of aryl methyl sites for hydroxylation is 2. The van der Waals surface area contributed by atoms with Crippen molar-refractivity contribution in [2.24, 2.45) is 0 Å². The maximum Gasteiger partial charge on any atom is 0.0136 e. The molecule has 0 nitrogen and oxygen atoms in total. The van der Waals surface area contributed by atoms with Gasteiger partial charge in [-0.2, -0.15) is 0 Å². The van der Waals surface area contributed by atoms with Gasteiger partial charge in [-0.25, -0.2) is 0 Å². The van der Waals surface area contributed by atoms with Gasteiger partial charge in [0.25, 0.3) is 0 Å². The molecule has 0 atom stereocenters. The van der Waals surface area contributed by atoms with Crippen molar-refractivity contribution >= 4 is 11.3 Å². The molecule has 1 aromatic heterocycles. The van der Waals surface area contributed by atoms with Crippen molar-refractivity contribution in [1.82, 2.24) is 0 Å². The average molecular weight is 252 g/mol. The summed E-state index contributed by atoms with van der Waals surface area (Å²) >= 11 is 2.01. The average Bonchev–Trinajstić information content (AvgIpc) is 2.67. The third-order valence-corrected chi connectivity index (χ3v) is 5.19. The van der Waals surface area contributed by atoms with E-state index >= 15 is 0 Å². The van der Waals surface area contributed by atoms with Crippen LogP contribution in [0.5, 0.6) is 0 Å². The molecule has 0 radical (unpaired) electrons. The molecule has 1 rings (SSSR count). The highest BCUT2D eigenvalue weighted by Gasteiger charge is 2.23. The maximum atomic E-state index is 2.42. The van der Waals surface area contributed by atoms with Gasteiger partial charge in [0.15, 0.2) is 0 Å². The molecular formula is C16H28S. The smallest absolute Gasteiger partial charge is 0.0136 e. The third kappa shape index (κ3) is 4.13. The minimum Gasteiger partial charge on any atom is -0.145 e. The molecule has 0 unspecified atom stereocenters. The van der Waals surface area contributed by atoms with E-state index in [0.29, 0.717) is 5.41 Å². The first-order valence-corrected chi connectivity index (χ1v) is 7.92. The van der Waals surface area contributed by atoms with E-state index in [4.69, 9.17) is 0 Å². The maximum absolute atomic E-state index is 2.42. The molecule has 0 amide bonds. The van der Waals surface area contributed by atoms with Gasteiger partial charge in [-0.05, 0) is 43.2 Å². The Bertz CT molecular complexity index is 333. The zero-order chi connectivity index (χ0) is 12.9. The molecule has 1 heterocycles. The van der Waals surface area contributed by atoms with Gasteiger partial charge < -0.3 is 0 Å². The fourth-order valence-corrected chi connectivity index (χ4v) is 3.46. The van der Waals surface area contributed by atoms with Crippen LogP contribution in [-0.2, 0) is 11.8 Å². The number of unbranched alkanes of at least 4 members (excludes halogenated alkanes) is 3. The fourth-order valence-electron chi connectivity index (χ4n) is 2.23. The summed E-state index contributed by atoms with van der Waals surface area (Å²) in [5.74, 6) is 0. The Hall–Kier alpha value is -0.300. The molecule has 17 heavy (non-hydrogen) atoms. The van der Waals surface area contributed by atoms with Crippen LogP contribution in [0.4, 0.5) is 0 Å². The molecule has 0 spiro atoms. The lowest BCUT2D eigenvalue weighted by Gasteiger charge is -2.23. The first-order chi connectivity index (χ1) is 8.01. The van der Waals surface area contributed by atoms with Crippen LogP contribution < -0.4 is 0 Å². The SMILES string of the molecule is CCCCCCc1cc(C)sc1C(C)(C)CC. The normalized spacial score (nSPS) is 12.1. The minimum atomic E-state index is 0.360. The van der Waals surface area contributed by atoms with Crippen molar-refractivity contribution in [3.05, 3.63) is 21.4 Å². The molecule has 0 aromatic carbocycles. The third-order valence-electron chi connectivity index (χ3n) is 3.73. The Morgan fingerprint density at radius 1 is 1.12 bits per heavy atom. The van der Waals surface area contributed by atoms with Gasteiger partial charge >= 0.3 is 0 Å². The highest BCUT2D eigenvalue weighted by atomic mass is 32.1. The highest BCUT2D eigenvalue weighted by Crippen LogP contribution is 2.36. The Morgan fingerprint density at radius 3 is 2.41 bits per heavy atom. The fraction of sp³-hybridized carbons (Fsp3) is 0.750.